The first-order valence-corrected chi connectivity index (χ1v) is 4.60. The van der Waals surface area contributed by atoms with Crippen molar-refractivity contribution in [3.05, 3.63) is 0 Å². The monoisotopic (exact) mass is 171 g/mol. The second-order valence-electron chi connectivity index (χ2n) is 3.56. The number of rotatable bonds is 2. The highest BCUT2D eigenvalue weighted by Gasteiger charge is 2.25. The van der Waals surface area contributed by atoms with Crippen molar-refractivity contribution >= 4 is 5.91 Å². The van der Waals surface area contributed by atoms with Crippen LogP contribution in [0.5, 0.6) is 0 Å². The lowest BCUT2D eigenvalue weighted by Gasteiger charge is -2.21. The molecule has 1 rings (SSSR count). The first-order valence-electron chi connectivity index (χ1n) is 4.60. The summed E-state index contributed by atoms with van der Waals surface area (Å²) < 4.78 is 0. The summed E-state index contributed by atoms with van der Waals surface area (Å²) in [4.78, 5) is 13.4. The molecule has 1 amide bonds. The highest BCUT2D eigenvalue weighted by molar-refractivity contribution is 5.79. The number of hydrogen-bond donors (Lipinski definition) is 1. The van der Waals surface area contributed by atoms with Crippen LogP contribution in [0.25, 0.3) is 0 Å². The third-order valence-electron chi connectivity index (χ3n) is 2.53. The summed E-state index contributed by atoms with van der Waals surface area (Å²) in [5, 5.41) is 9.20. The van der Waals surface area contributed by atoms with Crippen molar-refractivity contribution in [2.75, 3.05) is 13.1 Å². The van der Waals surface area contributed by atoms with Crippen molar-refractivity contribution in [1.29, 1.82) is 0 Å². The highest BCUT2D eigenvalue weighted by Crippen LogP contribution is 2.13. The van der Waals surface area contributed by atoms with Gasteiger partial charge in [-0.2, -0.15) is 0 Å². The Hall–Kier alpha value is -0.570. The second-order valence-corrected chi connectivity index (χ2v) is 3.56. The second kappa shape index (κ2) is 3.90. The van der Waals surface area contributed by atoms with E-state index in [4.69, 9.17) is 0 Å². The van der Waals surface area contributed by atoms with Crippen molar-refractivity contribution < 1.29 is 9.90 Å². The molecule has 0 aromatic rings. The van der Waals surface area contributed by atoms with E-state index in [-0.39, 0.29) is 11.8 Å². The average Bonchev–Trinajstić information content (AvgIpc) is 2.53. The fraction of sp³-hybridized carbons (Fsp3) is 0.889. The fourth-order valence-electron chi connectivity index (χ4n) is 1.43. The lowest BCUT2D eigenvalue weighted by Crippen LogP contribution is -2.36. The van der Waals surface area contributed by atoms with E-state index in [1.54, 1.807) is 13.8 Å². The number of amides is 1. The highest BCUT2D eigenvalue weighted by atomic mass is 16.3. The minimum absolute atomic E-state index is 0.0995. The van der Waals surface area contributed by atoms with Gasteiger partial charge >= 0.3 is 0 Å². The molecule has 1 fully saturated rings. The first-order chi connectivity index (χ1) is 5.63. The van der Waals surface area contributed by atoms with Crippen LogP contribution in [0.2, 0.25) is 0 Å². The quantitative estimate of drug-likeness (QED) is 0.662. The Kier molecular flexibility index (Phi) is 3.09. The number of aliphatic hydroxyl groups excluding tert-OH is 1. The Labute approximate surface area is 73.4 Å². The van der Waals surface area contributed by atoms with Gasteiger partial charge in [-0.05, 0) is 19.8 Å². The molecular formula is C9H17NO2. The molecule has 1 aliphatic heterocycles. The first kappa shape index (κ1) is 9.52. The van der Waals surface area contributed by atoms with Gasteiger partial charge in [0.25, 0.3) is 0 Å². The van der Waals surface area contributed by atoms with Gasteiger partial charge in [0, 0.05) is 13.1 Å². The summed E-state index contributed by atoms with van der Waals surface area (Å²) in [6, 6.07) is 0. The smallest absolute Gasteiger partial charge is 0.227 e. The van der Waals surface area contributed by atoms with Crippen molar-refractivity contribution in [2.45, 2.75) is 32.8 Å². The minimum atomic E-state index is -0.530. The lowest BCUT2D eigenvalue weighted by molar-refractivity contribution is -0.136. The minimum Gasteiger partial charge on any atom is -0.393 e. The number of carbonyl (C=O) groups is 1. The topological polar surface area (TPSA) is 40.5 Å². The summed E-state index contributed by atoms with van der Waals surface area (Å²) in [6.07, 6.45) is 1.69. The molecule has 1 N–H and O–H groups in total. The van der Waals surface area contributed by atoms with Gasteiger partial charge in [-0.25, -0.2) is 0 Å². The van der Waals surface area contributed by atoms with Gasteiger partial charge in [-0.1, -0.05) is 6.92 Å². The number of aliphatic hydroxyl groups is 1. The van der Waals surface area contributed by atoms with E-state index in [9.17, 15) is 9.90 Å². The Bertz CT molecular complexity index is 158. The number of carbonyl (C=O) groups excluding carboxylic acids is 1. The van der Waals surface area contributed by atoms with Crippen molar-refractivity contribution in [2.24, 2.45) is 5.92 Å². The molecule has 0 aromatic carbocycles. The standard InChI is InChI=1S/C9H17NO2/c1-7(8(2)11)9(12)10-5-3-4-6-10/h7-8,11H,3-6H2,1-2H3/t7-,8+/m0/s1. The molecule has 0 unspecified atom stereocenters. The average molecular weight is 171 g/mol. The van der Waals surface area contributed by atoms with Gasteiger partial charge in [0.2, 0.25) is 5.91 Å². The molecule has 1 aliphatic rings. The normalized spacial score (nSPS) is 22.4. The predicted molar refractivity (Wildman–Crippen MR) is 46.7 cm³/mol. The van der Waals surface area contributed by atoms with E-state index in [0.717, 1.165) is 25.9 Å². The number of likely N-dealkylation sites (tertiary alicyclic amines) is 1. The zero-order valence-electron chi connectivity index (χ0n) is 7.79. The Morgan fingerprint density at radius 2 is 1.83 bits per heavy atom. The summed E-state index contributed by atoms with van der Waals surface area (Å²) in [6.45, 7) is 5.19. The predicted octanol–water partition coefficient (Wildman–Crippen LogP) is 0.626. The van der Waals surface area contributed by atoms with Gasteiger partial charge in [0.05, 0.1) is 12.0 Å². The molecule has 1 heterocycles. The van der Waals surface area contributed by atoms with Crippen LogP contribution in [0.1, 0.15) is 26.7 Å². The van der Waals surface area contributed by atoms with E-state index in [1.165, 1.54) is 0 Å². The molecule has 2 atom stereocenters. The van der Waals surface area contributed by atoms with Crippen LogP contribution in [0.3, 0.4) is 0 Å². The molecule has 3 heteroatoms. The van der Waals surface area contributed by atoms with E-state index in [2.05, 4.69) is 0 Å². The van der Waals surface area contributed by atoms with E-state index >= 15 is 0 Å². The van der Waals surface area contributed by atoms with Gasteiger partial charge in [-0.15, -0.1) is 0 Å². The van der Waals surface area contributed by atoms with Gasteiger partial charge in [-0.3, -0.25) is 4.79 Å². The maximum atomic E-state index is 11.6. The summed E-state index contributed by atoms with van der Waals surface area (Å²) in [5.41, 5.74) is 0. The molecule has 0 spiro atoms. The molecule has 12 heavy (non-hydrogen) atoms. The van der Waals surface area contributed by atoms with Crippen molar-refractivity contribution in [3.8, 4) is 0 Å². The summed E-state index contributed by atoms with van der Waals surface area (Å²) in [5.74, 6) is -0.148. The maximum absolute atomic E-state index is 11.6. The van der Waals surface area contributed by atoms with Crippen molar-refractivity contribution in [1.82, 2.24) is 4.90 Å². The van der Waals surface area contributed by atoms with E-state index < -0.39 is 6.10 Å². The Balaban J connectivity index is 2.45. The van der Waals surface area contributed by atoms with Crippen LogP contribution in [0.15, 0.2) is 0 Å². The van der Waals surface area contributed by atoms with Crippen LogP contribution in [0, 0.1) is 5.92 Å². The van der Waals surface area contributed by atoms with Crippen LogP contribution < -0.4 is 0 Å². The third kappa shape index (κ3) is 1.97. The van der Waals surface area contributed by atoms with E-state index in [1.807, 2.05) is 4.90 Å². The van der Waals surface area contributed by atoms with Crippen LogP contribution in [0.4, 0.5) is 0 Å². The van der Waals surface area contributed by atoms with Crippen LogP contribution in [-0.4, -0.2) is 35.1 Å². The third-order valence-corrected chi connectivity index (χ3v) is 2.53. The molecular weight excluding hydrogens is 154 g/mol. The van der Waals surface area contributed by atoms with Gasteiger partial charge in [0.1, 0.15) is 0 Å². The van der Waals surface area contributed by atoms with Crippen molar-refractivity contribution in [3.63, 3.8) is 0 Å². The van der Waals surface area contributed by atoms with Crippen LogP contribution in [-0.2, 0) is 4.79 Å². The molecule has 70 valence electrons. The Morgan fingerprint density at radius 3 is 2.25 bits per heavy atom. The molecule has 1 saturated heterocycles. The zero-order valence-corrected chi connectivity index (χ0v) is 7.79. The lowest BCUT2D eigenvalue weighted by atomic mass is 10.1. The molecule has 0 bridgehead atoms. The number of nitrogens with zero attached hydrogens (tertiary/aromatic N) is 1. The number of hydrogen-bond acceptors (Lipinski definition) is 2. The summed E-state index contributed by atoms with van der Waals surface area (Å²) in [7, 11) is 0. The molecule has 0 saturated carbocycles. The molecule has 0 aliphatic carbocycles. The largest absolute Gasteiger partial charge is 0.393 e. The molecule has 0 aromatic heterocycles. The summed E-state index contributed by atoms with van der Waals surface area (Å²) >= 11 is 0. The van der Waals surface area contributed by atoms with E-state index in [0.29, 0.717) is 0 Å². The fourth-order valence-corrected chi connectivity index (χ4v) is 1.43. The molecule has 3 nitrogen and oxygen atoms in total. The molecule has 0 radical (unpaired) electrons. The zero-order chi connectivity index (χ0) is 9.14. The Morgan fingerprint density at radius 1 is 1.33 bits per heavy atom. The van der Waals surface area contributed by atoms with Gasteiger partial charge in [0.15, 0.2) is 0 Å². The van der Waals surface area contributed by atoms with Gasteiger partial charge < -0.3 is 10.0 Å². The maximum Gasteiger partial charge on any atom is 0.227 e. The van der Waals surface area contributed by atoms with Crippen LogP contribution >= 0.6 is 0 Å². The SMILES string of the molecule is C[C@H](C(=O)N1CCCC1)[C@@H](C)O.